The molecule has 0 unspecified atom stereocenters. The molecule has 7 heteroatoms. The number of urea groups is 1. The van der Waals surface area contributed by atoms with Crippen LogP contribution in [0.4, 0.5) is 20.6 Å². The van der Waals surface area contributed by atoms with Crippen LogP contribution < -0.4 is 10.6 Å². The number of hydrogen-bond acceptors (Lipinski definition) is 2. The lowest BCUT2D eigenvalue weighted by Gasteiger charge is -2.10. The lowest BCUT2D eigenvalue weighted by atomic mass is 10.2. The van der Waals surface area contributed by atoms with Crippen molar-refractivity contribution in [1.29, 1.82) is 0 Å². The lowest BCUT2D eigenvalue weighted by molar-refractivity contribution is 0.0692. The molecule has 0 spiro atoms. The molecule has 2 aromatic rings. The van der Waals surface area contributed by atoms with E-state index in [9.17, 15) is 14.0 Å². The number of benzene rings is 1. The highest BCUT2D eigenvalue weighted by molar-refractivity contribution is 6.04. The number of aromatic amines is 1. The molecule has 0 atom stereocenters. The number of halogens is 1. The number of anilines is 2. The Morgan fingerprint density at radius 1 is 1.24 bits per heavy atom. The molecular formula is C14H14FN3O3. The Morgan fingerprint density at radius 3 is 2.57 bits per heavy atom. The number of para-hydroxylation sites is 1. The lowest BCUT2D eigenvalue weighted by Crippen LogP contribution is -2.21. The molecule has 21 heavy (non-hydrogen) atoms. The van der Waals surface area contributed by atoms with Crippen molar-refractivity contribution in [2.24, 2.45) is 0 Å². The molecular weight excluding hydrogens is 277 g/mol. The van der Waals surface area contributed by atoms with Crippen molar-refractivity contribution in [2.45, 2.75) is 13.8 Å². The van der Waals surface area contributed by atoms with E-state index >= 15 is 0 Å². The van der Waals surface area contributed by atoms with Crippen molar-refractivity contribution in [3.8, 4) is 0 Å². The zero-order valence-electron chi connectivity index (χ0n) is 11.5. The Labute approximate surface area is 120 Å². The number of carbonyl (C=O) groups is 2. The molecule has 0 saturated heterocycles. The Morgan fingerprint density at radius 2 is 1.95 bits per heavy atom. The molecule has 2 amide bonds. The highest BCUT2D eigenvalue weighted by Gasteiger charge is 2.16. The number of nitrogens with one attached hydrogen (secondary N) is 3. The third-order valence-corrected chi connectivity index (χ3v) is 2.87. The number of aromatic nitrogens is 1. The van der Waals surface area contributed by atoms with E-state index in [1.54, 1.807) is 19.9 Å². The van der Waals surface area contributed by atoms with Crippen LogP contribution in [0, 0.1) is 19.7 Å². The van der Waals surface area contributed by atoms with Crippen molar-refractivity contribution in [1.82, 2.24) is 4.98 Å². The minimum Gasteiger partial charge on any atom is -0.477 e. The first-order valence-electron chi connectivity index (χ1n) is 6.14. The first kappa shape index (κ1) is 14.6. The van der Waals surface area contributed by atoms with Crippen molar-refractivity contribution in [2.75, 3.05) is 10.6 Å². The summed E-state index contributed by atoms with van der Waals surface area (Å²) in [5, 5.41) is 13.8. The summed E-state index contributed by atoms with van der Waals surface area (Å²) in [5.74, 6) is -1.76. The van der Waals surface area contributed by atoms with E-state index in [0.29, 0.717) is 11.3 Å². The second-order valence-corrected chi connectivity index (χ2v) is 4.56. The summed E-state index contributed by atoms with van der Waals surface area (Å²) in [6.45, 7) is 3.32. The average molecular weight is 291 g/mol. The number of rotatable bonds is 3. The molecule has 0 aliphatic carbocycles. The second kappa shape index (κ2) is 5.66. The van der Waals surface area contributed by atoms with Crippen molar-refractivity contribution in [3.05, 3.63) is 47.0 Å². The molecule has 2 rings (SSSR count). The van der Waals surface area contributed by atoms with Gasteiger partial charge in [0, 0.05) is 5.69 Å². The molecule has 1 aromatic heterocycles. The highest BCUT2D eigenvalue weighted by Crippen LogP contribution is 2.20. The summed E-state index contributed by atoms with van der Waals surface area (Å²) in [7, 11) is 0. The van der Waals surface area contributed by atoms with Crippen molar-refractivity contribution < 1.29 is 19.1 Å². The predicted octanol–water partition coefficient (Wildman–Crippen LogP) is 3.11. The molecule has 6 nitrogen and oxygen atoms in total. The summed E-state index contributed by atoms with van der Waals surface area (Å²) in [5.41, 5.74) is 1.19. The van der Waals surface area contributed by atoms with E-state index in [-0.39, 0.29) is 17.1 Å². The molecule has 0 fully saturated rings. The normalized spacial score (nSPS) is 10.2. The van der Waals surface area contributed by atoms with Gasteiger partial charge >= 0.3 is 12.0 Å². The van der Waals surface area contributed by atoms with Gasteiger partial charge in [-0.05, 0) is 31.5 Å². The molecule has 1 aromatic carbocycles. The van der Waals surface area contributed by atoms with E-state index in [0.717, 1.165) is 0 Å². The number of aryl methyl sites for hydroxylation is 2. The second-order valence-electron chi connectivity index (χ2n) is 4.56. The van der Waals surface area contributed by atoms with Gasteiger partial charge in [-0.2, -0.15) is 0 Å². The van der Waals surface area contributed by atoms with Gasteiger partial charge in [0.1, 0.15) is 11.5 Å². The first-order chi connectivity index (χ1) is 9.88. The minimum absolute atomic E-state index is 0.0548. The maximum absolute atomic E-state index is 13.6. The largest absolute Gasteiger partial charge is 0.477 e. The smallest absolute Gasteiger partial charge is 0.354 e. The molecule has 0 aliphatic rings. The molecule has 1 heterocycles. The average Bonchev–Trinajstić information content (AvgIpc) is 2.75. The van der Waals surface area contributed by atoms with E-state index in [2.05, 4.69) is 15.6 Å². The SMILES string of the molecule is Cc1cc(NC(=O)Nc2c(C)cccc2F)c(C(=O)O)[nH]1. The number of carboxylic acids is 1. The van der Waals surface area contributed by atoms with Crippen molar-refractivity contribution >= 4 is 23.4 Å². The minimum atomic E-state index is -1.19. The van der Waals surface area contributed by atoms with Crippen LogP contribution in [0.1, 0.15) is 21.7 Å². The van der Waals surface area contributed by atoms with Crippen LogP contribution in [0.15, 0.2) is 24.3 Å². The number of aromatic carboxylic acids is 1. The number of carbonyl (C=O) groups excluding carboxylic acids is 1. The Balaban J connectivity index is 2.18. The molecule has 0 radical (unpaired) electrons. The summed E-state index contributed by atoms with van der Waals surface area (Å²) < 4.78 is 13.6. The fraction of sp³-hybridized carbons (Fsp3) is 0.143. The van der Waals surface area contributed by atoms with Crippen molar-refractivity contribution in [3.63, 3.8) is 0 Å². The molecule has 0 bridgehead atoms. The van der Waals surface area contributed by atoms with Crippen LogP contribution in [0.25, 0.3) is 0 Å². The van der Waals surface area contributed by atoms with E-state index in [1.807, 2.05) is 0 Å². The Hall–Kier alpha value is -2.83. The fourth-order valence-electron chi connectivity index (χ4n) is 1.91. The van der Waals surface area contributed by atoms with Crippen LogP contribution in [0.5, 0.6) is 0 Å². The zero-order valence-corrected chi connectivity index (χ0v) is 11.5. The highest BCUT2D eigenvalue weighted by atomic mass is 19.1. The summed E-state index contributed by atoms with van der Waals surface area (Å²) >= 11 is 0. The van der Waals surface area contributed by atoms with Gasteiger partial charge < -0.3 is 20.7 Å². The van der Waals surface area contributed by atoms with E-state index in [4.69, 9.17) is 5.11 Å². The maximum Gasteiger partial charge on any atom is 0.354 e. The Kier molecular flexibility index (Phi) is 3.93. The Bertz CT molecular complexity index is 689. The van der Waals surface area contributed by atoms with Gasteiger partial charge in [-0.1, -0.05) is 12.1 Å². The molecule has 0 aliphatic heterocycles. The maximum atomic E-state index is 13.6. The third kappa shape index (κ3) is 3.19. The van der Waals surface area contributed by atoms with E-state index in [1.165, 1.54) is 18.2 Å². The number of amides is 2. The summed E-state index contributed by atoms with van der Waals surface area (Å²) in [4.78, 5) is 25.5. The summed E-state index contributed by atoms with van der Waals surface area (Å²) in [6, 6.07) is 5.18. The quantitative estimate of drug-likeness (QED) is 0.699. The van der Waals surface area contributed by atoms with Gasteiger partial charge in [0.05, 0.1) is 11.4 Å². The van der Waals surface area contributed by atoms with Gasteiger partial charge in [-0.25, -0.2) is 14.0 Å². The topological polar surface area (TPSA) is 94.2 Å². The number of hydrogen-bond donors (Lipinski definition) is 4. The van der Waals surface area contributed by atoms with Crippen LogP contribution in [-0.4, -0.2) is 22.1 Å². The third-order valence-electron chi connectivity index (χ3n) is 2.87. The van der Waals surface area contributed by atoms with Gasteiger partial charge in [-0.15, -0.1) is 0 Å². The number of carboxylic acid groups (broad SMARTS) is 1. The van der Waals surface area contributed by atoms with E-state index < -0.39 is 17.8 Å². The molecule has 0 saturated carbocycles. The van der Waals surface area contributed by atoms with Gasteiger partial charge in [-0.3, -0.25) is 0 Å². The van der Waals surface area contributed by atoms with Gasteiger partial charge in [0.2, 0.25) is 0 Å². The van der Waals surface area contributed by atoms with Gasteiger partial charge in [0.15, 0.2) is 0 Å². The van der Waals surface area contributed by atoms with Gasteiger partial charge in [0.25, 0.3) is 0 Å². The summed E-state index contributed by atoms with van der Waals surface area (Å²) in [6.07, 6.45) is 0. The first-order valence-corrected chi connectivity index (χ1v) is 6.14. The molecule has 4 N–H and O–H groups in total. The van der Waals surface area contributed by atoms with Crippen LogP contribution >= 0.6 is 0 Å². The zero-order chi connectivity index (χ0) is 15.6. The fourth-order valence-corrected chi connectivity index (χ4v) is 1.91. The predicted molar refractivity (Wildman–Crippen MR) is 76.3 cm³/mol. The van der Waals surface area contributed by atoms with Crippen LogP contribution in [-0.2, 0) is 0 Å². The van der Waals surface area contributed by atoms with Crippen LogP contribution in [0.3, 0.4) is 0 Å². The van der Waals surface area contributed by atoms with Crippen LogP contribution in [0.2, 0.25) is 0 Å². The standard InChI is InChI=1S/C14H14FN3O3/c1-7-4-3-5-9(15)11(7)18-14(21)17-10-6-8(2)16-12(10)13(19)20/h3-6,16H,1-2H3,(H,19,20)(H2,17,18,21). The molecule has 110 valence electrons. The number of H-pyrrole nitrogens is 1. The monoisotopic (exact) mass is 291 g/mol.